The van der Waals surface area contributed by atoms with Crippen molar-refractivity contribution in [1.29, 1.82) is 0 Å². The van der Waals surface area contributed by atoms with Gasteiger partial charge in [0.2, 0.25) is 5.91 Å². The van der Waals surface area contributed by atoms with Crippen LogP contribution in [0.1, 0.15) is 24.5 Å². The normalized spacial score (nSPS) is 10.4. The molecule has 0 fully saturated rings. The minimum Gasteiger partial charge on any atom is -0.483 e. The van der Waals surface area contributed by atoms with Crippen molar-refractivity contribution in [2.75, 3.05) is 25.0 Å². The fraction of sp³-hybridized carbons (Fsp3) is 0.333. The average molecular weight is 389 g/mol. The summed E-state index contributed by atoms with van der Waals surface area (Å²) in [6, 6.07) is 12.8. The van der Waals surface area contributed by atoms with Gasteiger partial charge in [0.25, 0.3) is 5.91 Å². The van der Waals surface area contributed by atoms with E-state index in [0.717, 1.165) is 23.2 Å². The second-order valence-electron chi connectivity index (χ2n) is 6.38. The van der Waals surface area contributed by atoms with Crippen LogP contribution in [0.25, 0.3) is 0 Å². The summed E-state index contributed by atoms with van der Waals surface area (Å²) >= 11 is 5.93. The van der Waals surface area contributed by atoms with Crippen molar-refractivity contribution < 1.29 is 14.3 Å². The number of ether oxygens (including phenoxy) is 1. The lowest BCUT2D eigenvalue weighted by atomic mass is 10.2. The summed E-state index contributed by atoms with van der Waals surface area (Å²) in [6.07, 6.45) is 0.753. The predicted octanol–water partition coefficient (Wildman–Crippen LogP) is 4.21. The lowest BCUT2D eigenvalue weighted by Gasteiger charge is -2.22. The van der Waals surface area contributed by atoms with Gasteiger partial charge in [-0.1, -0.05) is 36.7 Å². The molecule has 2 amide bonds. The van der Waals surface area contributed by atoms with E-state index in [-0.39, 0.29) is 25.0 Å². The van der Waals surface area contributed by atoms with Crippen molar-refractivity contribution in [1.82, 2.24) is 4.90 Å². The number of carbonyl (C=O) groups excluding carboxylic acids is 2. The third-order valence-electron chi connectivity index (χ3n) is 4.09. The molecular weight excluding hydrogens is 364 g/mol. The monoisotopic (exact) mass is 388 g/mol. The van der Waals surface area contributed by atoms with E-state index in [2.05, 4.69) is 5.32 Å². The molecule has 0 saturated carbocycles. The summed E-state index contributed by atoms with van der Waals surface area (Å²) in [5.41, 5.74) is 2.58. The molecule has 0 bridgehead atoms. The Kier molecular flexibility index (Phi) is 7.67. The topological polar surface area (TPSA) is 58.6 Å². The van der Waals surface area contributed by atoms with Gasteiger partial charge < -0.3 is 15.0 Å². The van der Waals surface area contributed by atoms with Crippen LogP contribution >= 0.6 is 11.6 Å². The molecule has 0 aromatic heterocycles. The van der Waals surface area contributed by atoms with E-state index in [1.807, 2.05) is 45.0 Å². The number of amides is 2. The number of aryl methyl sites for hydroxylation is 2. The van der Waals surface area contributed by atoms with Crippen LogP contribution in [-0.4, -0.2) is 36.4 Å². The number of hydrogen-bond donors (Lipinski definition) is 1. The maximum atomic E-state index is 12.5. The standard InChI is InChI=1S/C21H25ClN2O3/c1-4-11-24(13-20(25)23-18-8-6-5-7-15(18)2)21(26)14-27-19-10-9-17(22)12-16(19)3/h5-10,12H,4,11,13-14H2,1-3H3,(H,23,25). The van der Waals surface area contributed by atoms with E-state index >= 15 is 0 Å². The largest absolute Gasteiger partial charge is 0.483 e. The number of para-hydroxylation sites is 1. The van der Waals surface area contributed by atoms with Gasteiger partial charge in [0.05, 0.1) is 6.54 Å². The quantitative estimate of drug-likeness (QED) is 0.736. The van der Waals surface area contributed by atoms with Crippen LogP contribution in [0.3, 0.4) is 0 Å². The number of nitrogens with one attached hydrogen (secondary N) is 1. The van der Waals surface area contributed by atoms with Gasteiger partial charge in [-0.3, -0.25) is 9.59 Å². The zero-order valence-electron chi connectivity index (χ0n) is 15.9. The number of nitrogens with zero attached hydrogens (tertiary/aromatic N) is 1. The molecule has 0 aliphatic carbocycles. The zero-order valence-corrected chi connectivity index (χ0v) is 16.7. The van der Waals surface area contributed by atoms with Gasteiger partial charge in [0.15, 0.2) is 6.61 Å². The Balaban J connectivity index is 1.95. The van der Waals surface area contributed by atoms with Crippen molar-refractivity contribution in [3.63, 3.8) is 0 Å². The molecule has 0 heterocycles. The van der Waals surface area contributed by atoms with Crippen LogP contribution in [0.15, 0.2) is 42.5 Å². The molecule has 144 valence electrons. The molecule has 0 radical (unpaired) electrons. The molecule has 6 heteroatoms. The number of anilines is 1. The molecule has 1 N–H and O–H groups in total. The lowest BCUT2D eigenvalue weighted by molar-refractivity contribution is -0.136. The maximum Gasteiger partial charge on any atom is 0.260 e. The van der Waals surface area contributed by atoms with Gasteiger partial charge in [-0.15, -0.1) is 0 Å². The minimum atomic E-state index is -0.230. The van der Waals surface area contributed by atoms with Crippen molar-refractivity contribution >= 4 is 29.1 Å². The molecule has 0 unspecified atom stereocenters. The van der Waals surface area contributed by atoms with Gasteiger partial charge in [-0.2, -0.15) is 0 Å². The first kappa shape index (κ1) is 20.8. The average Bonchev–Trinajstić information content (AvgIpc) is 2.62. The fourth-order valence-electron chi connectivity index (χ4n) is 2.64. The maximum absolute atomic E-state index is 12.5. The molecule has 0 spiro atoms. The van der Waals surface area contributed by atoms with Crippen molar-refractivity contribution in [2.45, 2.75) is 27.2 Å². The van der Waals surface area contributed by atoms with E-state index in [4.69, 9.17) is 16.3 Å². The smallest absolute Gasteiger partial charge is 0.260 e. The number of benzene rings is 2. The van der Waals surface area contributed by atoms with Gasteiger partial charge in [0.1, 0.15) is 5.75 Å². The number of halogens is 1. The van der Waals surface area contributed by atoms with Crippen LogP contribution in [0, 0.1) is 13.8 Å². The van der Waals surface area contributed by atoms with E-state index < -0.39 is 0 Å². The van der Waals surface area contributed by atoms with Crippen LogP contribution < -0.4 is 10.1 Å². The van der Waals surface area contributed by atoms with E-state index in [9.17, 15) is 9.59 Å². The van der Waals surface area contributed by atoms with Crippen LogP contribution in [0.2, 0.25) is 5.02 Å². The van der Waals surface area contributed by atoms with Gasteiger partial charge in [-0.05, 0) is 55.7 Å². The molecule has 0 saturated heterocycles. The molecule has 2 aromatic rings. The van der Waals surface area contributed by atoms with E-state index in [0.29, 0.717) is 17.3 Å². The summed E-state index contributed by atoms with van der Waals surface area (Å²) in [5, 5.41) is 3.47. The highest BCUT2D eigenvalue weighted by atomic mass is 35.5. The van der Waals surface area contributed by atoms with Gasteiger partial charge in [0, 0.05) is 17.3 Å². The van der Waals surface area contributed by atoms with Crippen LogP contribution in [0.4, 0.5) is 5.69 Å². The van der Waals surface area contributed by atoms with Crippen molar-refractivity contribution in [3.05, 3.63) is 58.6 Å². The zero-order chi connectivity index (χ0) is 19.8. The SMILES string of the molecule is CCCN(CC(=O)Nc1ccccc1C)C(=O)COc1ccc(Cl)cc1C. The van der Waals surface area contributed by atoms with Crippen LogP contribution in [-0.2, 0) is 9.59 Å². The Morgan fingerprint density at radius 1 is 1.11 bits per heavy atom. The van der Waals surface area contributed by atoms with Crippen molar-refractivity contribution in [3.8, 4) is 5.75 Å². The third kappa shape index (κ3) is 6.29. The second-order valence-corrected chi connectivity index (χ2v) is 6.81. The van der Waals surface area contributed by atoms with E-state index in [1.54, 1.807) is 18.2 Å². The number of carbonyl (C=O) groups is 2. The van der Waals surface area contributed by atoms with Crippen molar-refractivity contribution in [2.24, 2.45) is 0 Å². The number of hydrogen-bond acceptors (Lipinski definition) is 3. The molecule has 2 rings (SSSR count). The molecule has 0 atom stereocenters. The molecule has 2 aromatic carbocycles. The summed E-state index contributed by atoms with van der Waals surface area (Å²) in [7, 11) is 0. The summed E-state index contributed by atoms with van der Waals surface area (Å²) in [6.45, 7) is 6.11. The first-order chi connectivity index (χ1) is 12.9. The molecule has 0 aliphatic heterocycles. The molecule has 5 nitrogen and oxygen atoms in total. The minimum absolute atomic E-state index is 0.00995. The second kappa shape index (κ2) is 9.97. The first-order valence-electron chi connectivity index (χ1n) is 8.93. The first-order valence-corrected chi connectivity index (χ1v) is 9.30. The van der Waals surface area contributed by atoms with Crippen LogP contribution in [0.5, 0.6) is 5.75 Å². The predicted molar refractivity (Wildman–Crippen MR) is 108 cm³/mol. The molecule has 27 heavy (non-hydrogen) atoms. The Morgan fingerprint density at radius 3 is 2.52 bits per heavy atom. The highest BCUT2D eigenvalue weighted by Crippen LogP contribution is 2.21. The highest BCUT2D eigenvalue weighted by Gasteiger charge is 2.18. The highest BCUT2D eigenvalue weighted by molar-refractivity contribution is 6.30. The summed E-state index contributed by atoms with van der Waals surface area (Å²) in [4.78, 5) is 26.4. The summed E-state index contributed by atoms with van der Waals surface area (Å²) < 4.78 is 5.62. The third-order valence-corrected chi connectivity index (χ3v) is 4.32. The van der Waals surface area contributed by atoms with Gasteiger partial charge >= 0.3 is 0 Å². The Labute approximate surface area is 165 Å². The van der Waals surface area contributed by atoms with Gasteiger partial charge in [-0.25, -0.2) is 0 Å². The molecule has 0 aliphatic rings. The number of rotatable bonds is 8. The fourth-order valence-corrected chi connectivity index (χ4v) is 2.87. The summed E-state index contributed by atoms with van der Waals surface area (Å²) in [5.74, 6) is 0.147. The van der Waals surface area contributed by atoms with E-state index in [1.165, 1.54) is 4.90 Å². The Bertz CT molecular complexity index is 808. The Hall–Kier alpha value is -2.53. The lowest BCUT2D eigenvalue weighted by Crippen LogP contribution is -2.41. The Morgan fingerprint density at radius 2 is 1.85 bits per heavy atom. The molecular formula is C21H25ClN2O3.